The lowest BCUT2D eigenvalue weighted by molar-refractivity contribution is -0.180. The van der Waals surface area contributed by atoms with Gasteiger partial charge in [-0.25, -0.2) is 11.5 Å². The first-order valence-electron chi connectivity index (χ1n) is 8.07. The van der Waals surface area contributed by atoms with Crippen molar-refractivity contribution in [3.8, 4) is 0 Å². The second-order valence-electron chi connectivity index (χ2n) is 7.74. The number of nitrogens with zero attached hydrogens (tertiary/aromatic N) is 2. The number of carbonyl (C=O) groups excluding carboxylic acids is 2. The van der Waals surface area contributed by atoms with E-state index in [1.54, 1.807) is 12.3 Å². The van der Waals surface area contributed by atoms with Gasteiger partial charge in [-0.05, 0) is 50.4 Å². The lowest BCUT2D eigenvalue weighted by Gasteiger charge is -2.59. The van der Waals surface area contributed by atoms with Gasteiger partial charge in [0.15, 0.2) is 0 Å². The molecule has 0 spiro atoms. The maximum Gasteiger partial charge on any atom is 0.308 e. The van der Waals surface area contributed by atoms with Gasteiger partial charge in [0.1, 0.15) is 0 Å². The molecule has 1 heterocycles. The fourth-order valence-corrected chi connectivity index (χ4v) is 5.65. The molecule has 116 valence electrons. The van der Waals surface area contributed by atoms with Crippen LogP contribution < -0.4 is 0 Å². The lowest BCUT2D eigenvalue weighted by atomic mass is 9.47. The number of amides is 1. The molecule has 4 fully saturated rings. The van der Waals surface area contributed by atoms with E-state index in [-0.39, 0.29) is 5.78 Å². The van der Waals surface area contributed by atoms with Crippen molar-refractivity contribution in [1.29, 1.82) is 0 Å². The van der Waals surface area contributed by atoms with Gasteiger partial charge in [-0.1, -0.05) is 6.08 Å². The summed E-state index contributed by atoms with van der Waals surface area (Å²) >= 11 is 0. The third kappa shape index (κ3) is 1.87. The molecule has 5 nitrogen and oxygen atoms in total. The van der Waals surface area contributed by atoms with Crippen LogP contribution in [-0.4, -0.2) is 33.5 Å². The van der Waals surface area contributed by atoms with E-state index in [0.29, 0.717) is 24.7 Å². The highest BCUT2D eigenvalue weighted by atomic mass is 16.3. The fraction of sp³-hybridized carbons (Fsp3) is 0.706. The normalized spacial score (nSPS) is 45.1. The molecule has 5 heteroatoms. The molecule has 0 aromatic heterocycles. The Kier molecular flexibility index (Phi) is 2.80. The topological polar surface area (TPSA) is 62.0 Å². The molecule has 3 unspecified atom stereocenters. The molecule has 1 aliphatic heterocycles. The Hall–Kier alpha value is -1.67. The number of hydrogen-bond acceptors (Lipinski definition) is 3. The highest BCUT2D eigenvalue weighted by molar-refractivity contribution is 6.38. The standard InChI is InChI=1S/C17H20N2O3/c1-18-13-3-2-4-19(13)15(21)14(20)16-6-11-5-12(7-16)9-17(22,8-11)10-16/h2,4,11-13,22H,3,5-10H2. The summed E-state index contributed by atoms with van der Waals surface area (Å²) < 4.78 is 0. The number of carbonyl (C=O) groups is 2. The Morgan fingerprint density at radius 1 is 1.23 bits per heavy atom. The van der Waals surface area contributed by atoms with Crippen molar-refractivity contribution in [3.05, 3.63) is 23.7 Å². The quantitative estimate of drug-likeness (QED) is 0.625. The van der Waals surface area contributed by atoms with Gasteiger partial charge >= 0.3 is 6.17 Å². The molecule has 5 rings (SSSR count). The molecule has 3 atom stereocenters. The van der Waals surface area contributed by atoms with E-state index in [0.717, 1.165) is 32.1 Å². The predicted octanol–water partition coefficient (Wildman–Crippen LogP) is 1.88. The second kappa shape index (κ2) is 4.42. The molecular weight excluding hydrogens is 280 g/mol. The van der Waals surface area contributed by atoms with Crippen LogP contribution in [0.2, 0.25) is 0 Å². The minimum Gasteiger partial charge on any atom is -0.390 e. The van der Waals surface area contributed by atoms with Crippen molar-refractivity contribution in [1.82, 2.24) is 4.90 Å². The predicted molar refractivity (Wildman–Crippen MR) is 78.1 cm³/mol. The molecule has 1 amide bonds. The number of rotatable bonds is 2. The van der Waals surface area contributed by atoms with Crippen LogP contribution in [-0.2, 0) is 9.59 Å². The molecule has 4 saturated carbocycles. The highest BCUT2D eigenvalue weighted by Gasteiger charge is 2.61. The first-order chi connectivity index (χ1) is 10.4. The van der Waals surface area contributed by atoms with Crippen LogP contribution in [0.3, 0.4) is 0 Å². The van der Waals surface area contributed by atoms with Crippen molar-refractivity contribution in [3.63, 3.8) is 0 Å². The van der Waals surface area contributed by atoms with E-state index < -0.39 is 23.1 Å². The Labute approximate surface area is 129 Å². The Balaban J connectivity index is 1.62. The van der Waals surface area contributed by atoms with Crippen LogP contribution in [0.5, 0.6) is 0 Å². The maximum absolute atomic E-state index is 12.9. The highest BCUT2D eigenvalue weighted by Crippen LogP contribution is 2.62. The van der Waals surface area contributed by atoms with Crippen LogP contribution in [0.15, 0.2) is 12.3 Å². The number of aliphatic hydroxyl groups is 1. The van der Waals surface area contributed by atoms with Crippen LogP contribution in [0.25, 0.3) is 4.85 Å². The number of ketones is 1. The molecule has 1 N–H and O–H groups in total. The molecule has 0 saturated heterocycles. The number of hydrogen-bond donors (Lipinski definition) is 1. The van der Waals surface area contributed by atoms with Crippen molar-refractivity contribution in [2.24, 2.45) is 17.3 Å². The van der Waals surface area contributed by atoms with E-state index in [4.69, 9.17) is 6.57 Å². The van der Waals surface area contributed by atoms with Gasteiger partial charge in [-0.15, -0.1) is 0 Å². The molecular formula is C17H20N2O3. The smallest absolute Gasteiger partial charge is 0.308 e. The average molecular weight is 300 g/mol. The largest absolute Gasteiger partial charge is 0.390 e. The summed E-state index contributed by atoms with van der Waals surface area (Å²) in [4.78, 5) is 30.3. The minimum atomic E-state index is -0.750. The van der Waals surface area contributed by atoms with Crippen molar-refractivity contribution >= 4 is 11.7 Å². The van der Waals surface area contributed by atoms with Gasteiger partial charge in [-0.3, -0.25) is 14.4 Å². The zero-order valence-electron chi connectivity index (χ0n) is 12.5. The van der Waals surface area contributed by atoms with Crippen LogP contribution >= 0.6 is 0 Å². The summed E-state index contributed by atoms with van der Waals surface area (Å²) in [6.45, 7) is 7.16. The monoisotopic (exact) mass is 300 g/mol. The van der Waals surface area contributed by atoms with Gasteiger partial charge < -0.3 is 5.11 Å². The van der Waals surface area contributed by atoms with E-state index in [1.807, 2.05) is 0 Å². The third-order valence-electron chi connectivity index (χ3n) is 6.02. The van der Waals surface area contributed by atoms with Crippen LogP contribution in [0.4, 0.5) is 0 Å². The van der Waals surface area contributed by atoms with Gasteiger partial charge in [0.25, 0.3) is 5.91 Å². The van der Waals surface area contributed by atoms with Gasteiger partial charge in [-0.2, -0.15) is 0 Å². The molecule has 4 aliphatic carbocycles. The summed E-state index contributed by atoms with van der Waals surface area (Å²) in [5.74, 6) is -0.192. The van der Waals surface area contributed by atoms with Crippen LogP contribution in [0.1, 0.15) is 44.9 Å². The summed E-state index contributed by atoms with van der Waals surface area (Å²) in [7, 11) is 0. The van der Waals surface area contributed by atoms with Gasteiger partial charge in [0.05, 0.1) is 12.0 Å². The van der Waals surface area contributed by atoms with Crippen molar-refractivity contribution in [2.75, 3.05) is 0 Å². The maximum atomic E-state index is 12.9. The molecule has 22 heavy (non-hydrogen) atoms. The SMILES string of the molecule is [C-]#[N+]C1CC=CN1C(=O)C(=O)C12CC3CC(CC(O)(C3)C1)C2. The molecule has 0 radical (unpaired) electrons. The van der Waals surface area contributed by atoms with E-state index in [2.05, 4.69) is 4.85 Å². The minimum absolute atomic E-state index is 0.369. The van der Waals surface area contributed by atoms with Gasteiger partial charge in [0.2, 0.25) is 5.78 Å². The lowest BCUT2D eigenvalue weighted by Crippen LogP contribution is -2.60. The first-order valence-corrected chi connectivity index (χ1v) is 8.07. The van der Waals surface area contributed by atoms with E-state index >= 15 is 0 Å². The van der Waals surface area contributed by atoms with Crippen molar-refractivity contribution < 1.29 is 14.7 Å². The Morgan fingerprint density at radius 3 is 2.50 bits per heavy atom. The average Bonchev–Trinajstić information content (AvgIpc) is 2.91. The molecule has 5 aliphatic rings. The van der Waals surface area contributed by atoms with Crippen molar-refractivity contribution in [2.45, 2.75) is 56.7 Å². The van der Waals surface area contributed by atoms with E-state index in [1.165, 1.54) is 4.90 Å². The number of Topliss-reactive ketones (excluding diaryl/α,β-unsaturated/α-hetero) is 1. The summed E-state index contributed by atoms with van der Waals surface area (Å²) in [6, 6.07) is 0. The van der Waals surface area contributed by atoms with E-state index in [9.17, 15) is 14.7 Å². The first kappa shape index (κ1) is 14.0. The third-order valence-corrected chi connectivity index (χ3v) is 6.02. The zero-order chi connectivity index (χ0) is 15.5. The fourth-order valence-electron chi connectivity index (χ4n) is 5.65. The Morgan fingerprint density at radius 2 is 1.91 bits per heavy atom. The summed E-state index contributed by atoms with van der Waals surface area (Å²) in [6.07, 6.45) is 7.78. The van der Waals surface area contributed by atoms with Crippen LogP contribution in [0, 0.1) is 23.8 Å². The molecule has 0 aromatic carbocycles. The molecule has 0 aromatic rings. The molecule has 4 bridgehead atoms. The second-order valence-corrected chi connectivity index (χ2v) is 7.74. The summed E-state index contributed by atoms with van der Waals surface area (Å²) in [5.41, 5.74) is -1.43. The summed E-state index contributed by atoms with van der Waals surface area (Å²) in [5, 5.41) is 10.7. The Bertz CT molecular complexity index is 604. The van der Waals surface area contributed by atoms with Gasteiger partial charge in [0, 0.05) is 11.6 Å². The zero-order valence-corrected chi connectivity index (χ0v) is 12.5.